The van der Waals surface area contributed by atoms with Gasteiger partial charge in [-0.2, -0.15) is 5.26 Å². The molecule has 0 saturated carbocycles. The van der Waals surface area contributed by atoms with Crippen molar-refractivity contribution in [3.63, 3.8) is 0 Å². The van der Waals surface area contributed by atoms with Crippen LogP contribution < -0.4 is 0 Å². The molecule has 0 aliphatic carbocycles. The molecule has 2 heterocycles. The molecular formula is C18H13N3O2PtS2. The first kappa shape index (κ1) is 21.9. The maximum Gasteiger partial charge on any atom is 2.00 e. The molecule has 0 bridgehead atoms. The Bertz CT molecular complexity index is 928. The number of esters is 1. The van der Waals surface area contributed by atoms with Gasteiger partial charge in [0, 0.05) is 23.2 Å². The van der Waals surface area contributed by atoms with Crippen molar-refractivity contribution in [3.8, 4) is 6.07 Å². The minimum Gasteiger partial charge on any atom is -0.806 e. The fraction of sp³-hybridized carbons (Fsp3) is 0.111. The van der Waals surface area contributed by atoms with Crippen LogP contribution >= 0.6 is 0 Å². The predicted octanol–water partition coefficient (Wildman–Crippen LogP) is 3.16. The van der Waals surface area contributed by atoms with Crippen LogP contribution in [0.25, 0.3) is 21.8 Å². The zero-order valence-corrected chi connectivity index (χ0v) is 17.5. The largest absolute Gasteiger partial charge is 2.00 e. The van der Waals surface area contributed by atoms with Gasteiger partial charge in [0.25, 0.3) is 0 Å². The van der Waals surface area contributed by atoms with Crippen molar-refractivity contribution in [1.82, 2.24) is 9.97 Å². The number of pyridine rings is 2. The van der Waals surface area contributed by atoms with Gasteiger partial charge in [-0.25, -0.2) is 4.79 Å². The summed E-state index contributed by atoms with van der Waals surface area (Å²) in [6.07, 6.45) is 3.60. The van der Waals surface area contributed by atoms with E-state index < -0.39 is 5.97 Å². The molecule has 0 aliphatic heterocycles. The third kappa shape index (κ3) is 5.43. The fourth-order valence-electron chi connectivity index (χ4n) is 2.06. The van der Waals surface area contributed by atoms with Crippen LogP contribution in [0.15, 0.2) is 58.6 Å². The maximum atomic E-state index is 10.8. The summed E-state index contributed by atoms with van der Waals surface area (Å²) < 4.78 is 4.36. The number of rotatable bonds is 2. The molecule has 2 aromatic heterocycles. The van der Waals surface area contributed by atoms with Crippen molar-refractivity contribution in [1.29, 1.82) is 5.26 Å². The quantitative estimate of drug-likeness (QED) is 0.156. The third-order valence-corrected chi connectivity index (χ3v) is 3.55. The number of fused-ring (bicyclic) bond motifs is 3. The zero-order chi connectivity index (χ0) is 18.2. The number of ether oxygens (including phenoxy) is 1. The molecule has 3 rings (SSSR count). The molecule has 3 aromatic rings. The van der Waals surface area contributed by atoms with Gasteiger partial charge in [-0.1, -0.05) is 24.3 Å². The average molecular weight is 563 g/mol. The van der Waals surface area contributed by atoms with Crippen molar-refractivity contribution in [2.24, 2.45) is 0 Å². The summed E-state index contributed by atoms with van der Waals surface area (Å²) in [5, 5.41) is 10.6. The van der Waals surface area contributed by atoms with E-state index in [2.05, 4.69) is 64.2 Å². The minimum absolute atomic E-state index is 0. The Morgan fingerprint density at radius 1 is 1.08 bits per heavy atom. The summed E-state index contributed by atoms with van der Waals surface area (Å²) in [6.45, 7) is 1.85. The van der Waals surface area contributed by atoms with Crippen LogP contribution in [0.4, 0.5) is 0 Å². The monoisotopic (exact) mass is 562 g/mol. The van der Waals surface area contributed by atoms with Crippen LogP contribution in [0.1, 0.15) is 6.92 Å². The molecule has 0 fully saturated rings. The van der Waals surface area contributed by atoms with E-state index in [1.807, 2.05) is 12.1 Å². The summed E-state index contributed by atoms with van der Waals surface area (Å²) in [5.41, 5.74) is 1.69. The van der Waals surface area contributed by atoms with E-state index in [0.717, 1.165) is 21.8 Å². The number of carbonyl (C=O) groups is 1. The minimum atomic E-state index is -0.741. The van der Waals surface area contributed by atoms with Crippen molar-refractivity contribution in [2.45, 2.75) is 6.92 Å². The van der Waals surface area contributed by atoms with E-state index in [4.69, 9.17) is 5.26 Å². The van der Waals surface area contributed by atoms with Crippen LogP contribution in [-0.2, 0) is 55.9 Å². The van der Waals surface area contributed by atoms with Crippen molar-refractivity contribution < 1.29 is 30.6 Å². The summed E-state index contributed by atoms with van der Waals surface area (Å²) in [6, 6.07) is 13.7. The van der Waals surface area contributed by atoms with E-state index in [-0.39, 0.29) is 37.5 Å². The van der Waals surface area contributed by atoms with Gasteiger partial charge in [-0.3, -0.25) is 9.97 Å². The molecule has 0 atom stereocenters. The number of carbonyl (C=O) groups excluding carboxylic acids is 1. The second-order valence-corrected chi connectivity index (χ2v) is 5.79. The van der Waals surface area contributed by atoms with Crippen LogP contribution in [0, 0.1) is 11.3 Å². The first-order valence-corrected chi connectivity index (χ1v) is 8.14. The number of nitrogens with zero attached hydrogens (tertiary/aromatic N) is 3. The Morgan fingerprint density at radius 3 is 1.96 bits per heavy atom. The van der Waals surface area contributed by atoms with E-state index in [9.17, 15) is 4.79 Å². The SMILES string of the molecule is CCOC(=O)C(C#N)=C([S-])[S-].[Pt+2].c1cnc2c(c1)ccc1cccnc12. The molecule has 0 spiro atoms. The standard InChI is InChI=1S/C12H8N2.C6H7NO2S2.Pt/c1-3-9-5-6-10-4-2-8-14-12(10)11(9)13-7-1;1-2-9-5(8)4(3-7)6(10)11;/h1-8H;10-11H,2H2,1H3;/q;;+2/p-2. The molecule has 0 unspecified atom stereocenters. The summed E-state index contributed by atoms with van der Waals surface area (Å²) in [7, 11) is 0. The van der Waals surface area contributed by atoms with Crippen LogP contribution in [0.5, 0.6) is 0 Å². The molecule has 8 heteroatoms. The molecule has 0 saturated heterocycles. The van der Waals surface area contributed by atoms with E-state index >= 15 is 0 Å². The van der Waals surface area contributed by atoms with E-state index in [0.29, 0.717) is 0 Å². The Kier molecular flexibility index (Phi) is 9.07. The molecule has 1 aromatic carbocycles. The van der Waals surface area contributed by atoms with Gasteiger partial charge in [0.2, 0.25) is 0 Å². The molecule has 0 N–H and O–H groups in total. The number of hydrogen-bond acceptors (Lipinski definition) is 7. The molecule has 0 amide bonds. The Hall–Kier alpha value is -2.13. The van der Waals surface area contributed by atoms with E-state index in [1.165, 1.54) is 0 Å². The van der Waals surface area contributed by atoms with Crippen molar-refractivity contribution in [2.75, 3.05) is 6.61 Å². The normalized spacial score (nSPS) is 9.23. The van der Waals surface area contributed by atoms with Gasteiger partial charge >= 0.3 is 27.0 Å². The topological polar surface area (TPSA) is 75.9 Å². The van der Waals surface area contributed by atoms with Gasteiger partial charge in [0.15, 0.2) is 0 Å². The average Bonchev–Trinajstić information content (AvgIpc) is 2.63. The second kappa shape index (κ2) is 10.8. The number of nitriles is 1. The Labute approximate surface area is 176 Å². The van der Waals surface area contributed by atoms with Gasteiger partial charge < -0.3 is 34.2 Å². The number of aromatic nitrogens is 2. The molecular weight excluding hydrogens is 549 g/mol. The Balaban J connectivity index is 0.000000260. The first-order chi connectivity index (χ1) is 12.1. The summed E-state index contributed by atoms with van der Waals surface area (Å²) in [5.74, 6) is -0.741. The fourth-order valence-corrected chi connectivity index (χ4v) is 2.32. The van der Waals surface area contributed by atoms with Crippen LogP contribution in [0.3, 0.4) is 0 Å². The third-order valence-electron chi connectivity index (χ3n) is 3.14. The van der Waals surface area contributed by atoms with Crippen LogP contribution in [0.2, 0.25) is 0 Å². The van der Waals surface area contributed by atoms with Gasteiger partial charge in [0.1, 0.15) is 6.07 Å². The summed E-state index contributed by atoms with van der Waals surface area (Å²) >= 11 is 8.92. The van der Waals surface area contributed by atoms with E-state index in [1.54, 1.807) is 25.4 Å². The molecule has 0 radical (unpaired) electrons. The van der Waals surface area contributed by atoms with Gasteiger partial charge in [0.05, 0.1) is 23.2 Å². The number of benzene rings is 1. The first-order valence-electron chi connectivity index (χ1n) is 7.32. The molecule has 134 valence electrons. The molecule has 5 nitrogen and oxygen atoms in total. The van der Waals surface area contributed by atoms with Crippen LogP contribution in [-0.4, -0.2) is 22.5 Å². The second-order valence-electron chi connectivity index (χ2n) is 4.71. The molecule has 0 aliphatic rings. The smallest absolute Gasteiger partial charge is 0.806 e. The Morgan fingerprint density at radius 2 is 1.58 bits per heavy atom. The molecule has 26 heavy (non-hydrogen) atoms. The van der Waals surface area contributed by atoms with Crippen molar-refractivity contribution >= 4 is 53.0 Å². The van der Waals surface area contributed by atoms with Gasteiger partial charge in [-0.15, -0.1) is 0 Å². The summed E-state index contributed by atoms with van der Waals surface area (Å²) in [4.78, 5) is 19.5. The number of hydrogen-bond donors (Lipinski definition) is 0. The zero-order valence-electron chi connectivity index (χ0n) is 13.6. The maximum absolute atomic E-state index is 10.8. The predicted molar refractivity (Wildman–Crippen MR) is 101 cm³/mol. The van der Waals surface area contributed by atoms with Gasteiger partial charge in [-0.05, 0) is 19.1 Å². The van der Waals surface area contributed by atoms with Crippen molar-refractivity contribution in [3.05, 3.63) is 58.6 Å².